The van der Waals surface area contributed by atoms with Gasteiger partial charge in [0.2, 0.25) is 10.0 Å². The molecule has 0 aromatic heterocycles. The number of hydrogen-bond acceptors (Lipinski definition) is 4. The van der Waals surface area contributed by atoms with Gasteiger partial charge in [0.05, 0.1) is 18.0 Å². The third kappa shape index (κ3) is 3.89. The van der Waals surface area contributed by atoms with Crippen molar-refractivity contribution in [3.63, 3.8) is 0 Å². The van der Waals surface area contributed by atoms with Gasteiger partial charge in [0.25, 0.3) is 0 Å². The van der Waals surface area contributed by atoms with Crippen LogP contribution >= 0.6 is 0 Å². The standard InChI is InChI=1S/C21H32N2O3S/c1-15-11-19-12-17(7-8-20(19)23(15)27(2,25)26)21(24)14-22-10-9-16-5-3-4-6-18(16)13-22/h7-8,12,15-16,18,21,24H,3-6,9-11,13-14H2,1-2H3/t15-,16-,18+,21-/m1/s1. The molecule has 27 heavy (non-hydrogen) atoms. The van der Waals surface area contributed by atoms with Crippen LogP contribution in [-0.4, -0.2) is 50.4 Å². The van der Waals surface area contributed by atoms with Crippen molar-refractivity contribution in [1.82, 2.24) is 4.90 Å². The Morgan fingerprint density at radius 1 is 1.19 bits per heavy atom. The summed E-state index contributed by atoms with van der Waals surface area (Å²) < 4.78 is 25.7. The lowest BCUT2D eigenvalue weighted by Crippen LogP contribution is -2.43. The zero-order valence-electron chi connectivity index (χ0n) is 16.5. The number of sulfonamides is 1. The van der Waals surface area contributed by atoms with Gasteiger partial charge in [0.1, 0.15) is 0 Å². The van der Waals surface area contributed by atoms with Gasteiger partial charge in [-0.3, -0.25) is 4.31 Å². The van der Waals surface area contributed by atoms with Crippen molar-refractivity contribution >= 4 is 15.7 Å². The zero-order valence-corrected chi connectivity index (χ0v) is 17.3. The number of piperidine rings is 1. The summed E-state index contributed by atoms with van der Waals surface area (Å²) in [6, 6.07) is 5.71. The normalized spacial score (nSPS) is 30.0. The predicted octanol–water partition coefficient (Wildman–Crippen LogP) is 2.94. The molecule has 1 aromatic rings. The minimum atomic E-state index is -3.27. The largest absolute Gasteiger partial charge is 0.387 e. The molecule has 1 N–H and O–H groups in total. The summed E-state index contributed by atoms with van der Waals surface area (Å²) >= 11 is 0. The minimum Gasteiger partial charge on any atom is -0.387 e. The van der Waals surface area contributed by atoms with Crippen LogP contribution in [-0.2, 0) is 16.4 Å². The number of nitrogens with zero attached hydrogens (tertiary/aromatic N) is 2. The van der Waals surface area contributed by atoms with Gasteiger partial charge in [0, 0.05) is 19.1 Å². The van der Waals surface area contributed by atoms with Crippen LogP contribution in [0.3, 0.4) is 0 Å². The second-order valence-electron chi connectivity index (χ2n) is 8.87. The van der Waals surface area contributed by atoms with Gasteiger partial charge in [-0.15, -0.1) is 0 Å². The van der Waals surface area contributed by atoms with Crippen molar-refractivity contribution in [3.05, 3.63) is 29.3 Å². The fourth-order valence-corrected chi connectivity index (χ4v) is 6.79. The van der Waals surface area contributed by atoms with E-state index in [0.29, 0.717) is 13.0 Å². The van der Waals surface area contributed by atoms with Gasteiger partial charge in [-0.05, 0) is 61.8 Å². The maximum atomic E-state index is 12.1. The SMILES string of the molecule is C[C@@H]1Cc2cc([C@H](O)CN3CC[C@H]4CCCC[C@H]4C3)ccc2N1S(C)(=O)=O. The number of anilines is 1. The maximum Gasteiger partial charge on any atom is 0.232 e. The van der Waals surface area contributed by atoms with E-state index in [1.54, 1.807) is 0 Å². The Bertz CT molecular complexity index is 795. The van der Waals surface area contributed by atoms with Crippen molar-refractivity contribution in [2.75, 3.05) is 30.2 Å². The Kier molecular flexibility index (Phi) is 5.25. The van der Waals surface area contributed by atoms with Crippen LogP contribution < -0.4 is 4.31 Å². The molecule has 2 aliphatic heterocycles. The maximum absolute atomic E-state index is 12.1. The molecule has 2 fully saturated rings. The highest BCUT2D eigenvalue weighted by Crippen LogP contribution is 2.38. The monoisotopic (exact) mass is 392 g/mol. The first-order valence-corrected chi connectivity index (χ1v) is 12.2. The molecule has 4 atom stereocenters. The number of fused-ring (bicyclic) bond motifs is 2. The van der Waals surface area contributed by atoms with Gasteiger partial charge in [-0.2, -0.15) is 0 Å². The van der Waals surface area contributed by atoms with Crippen molar-refractivity contribution in [3.8, 4) is 0 Å². The van der Waals surface area contributed by atoms with Crippen LogP contribution in [0.25, 0.3) is 0 Å². The van der Waals surface area contributed by atoms with Crippen molar-refractivity contribution in [2.45, 2.75) is 57.6 Å². The fraction of sp³-hybridized carbons (Fsp3) is 0.714. The molecule has 4 rings (SSSR count). The first-order chi connectivity index (χ1) is 12.8. The smallest absolute Gasteiger partial charge is 0.232 e. The summed E-state index contributed by atoms with van der Waals surface area (Å²) in [5, 5.41) is 10.8. The Labute approximate surface area is 163 Å². The molecule has 2 heterocycles. The summed E-state index contributed by atoms with van der Waals surface area (Å²) in [4.78, 5) is 2.43. The molecule has 0 bridgehead atoms. The summed E-state index contributed by atoms with van der Waals surface area (Å²) in [5.41, 5.74) is 2.70. The van der Waals surface area contributed by atoms with Crippen LogP contribution in [0.15, 0.2) is 18.2 Å². The topological polar surface area (TPSA) is 60.9 Å². The summed E-state index contributed by atoms with van der Waals surface area (Å²) in [7, 11) is -3.27. The quantitative estimate of drug-likeness (QED) is 0.856. The number of benzene rings is 1. The first-order valence-electron chi connectivity index (χ1n) is 10.4. The van der Waals surface area contributed by atoms with Gasteiger partial charge in [-0.25, -0.2) is 8.42 Å². The summed E-state index contributed by atoms with van der Waals surface area (Å²) in [5.74, 6) is 1.71. The first kappa shape index (κ1) is 19.2. The highest BCUT2D eigenvalue weighted by atomic mass is 32.2. The molecule has 150 valence electrons. The lowest BCUT2D eigenvalue weighted by Gasteiger charge is -2.41. The van der Waals surface area contributed by atoms with E-state index in [4.69, 9.17) is 0 Å². The second kappa shape index (κ2) is 7.37. The van der Waals surface area contributed by atoms with E-state index in [-0.39, 0.29) is 6.04 Å². The van der Waals surface area contributed by atoms with Crippen LogP contribution in [0.1, 0.15) is 56.3 Å². The number of rotatable bonds is 4. The Balaban J connectivity index is 1.44. The zero-order chi connectivity index (χ0) is 19.2. The van der Waals surface area contributed by atoms with Gasteiger partial charge in [0.15, 0.2) is 0 Å². The number of aliphatic hydroxyl groups excluding tert-OH is 1. The highest BCUT2D eigenvalue weighted by molar-refractivity contribution is 7.92. The van der Waals surface area contributed by atoms with Crippen molar-refractivity contribution in [1.29, 1.82) is 0 Å². The predicted molar refractivity (Wildman–Crippen MR) is 108 cm³/mol. The number of likely N-dealkylation sites (tertiary alicyclic amines) is 1. The van der Waals surface area contributed by atoms with E-state index in [1.807, 2.05) is 25.1 Å². The lowest BCUT2D eigenvalue weighted by atomic mass is 9.75. The summed E-state index contributed by atoms with van der Waals surface area (Å²) in [6.07, 6.45) is 8.20. The Hall–Kier alpha value is -1.11. The number of aliphatic hydroxyl groups is 1. The van der Waals surface area contributed by atoms with Gasteiger partial charge in [-0.1, -0.05) is 31.4 Å². The Morgan fingerprint density at radius 2 is 1.93 bits per heavy atom. The van der Waals surface area contributed by atoms with Crippen LogP contribution in [0.5, 0.6) is 0 Å². The summed E-state index contributed by atoms with van der Waals surface area (Å²) in [6.45, 7) is 4.81. The van der Waals surface area contributed by atoms with E-state index >= 15 is 0 Å². The van der Waals surface area contributed by atoms with E-state index < -0.39 is 16.1 Å². The molecule has 1 saturated carbocycles. The molecular formula is C21H32N2O3S. The highest BCUT2D eigenvalue weighted by Gasteiger charge is 2.34. The number of β-amino-alcohol motifs (C(OH)–C–C–N with tert-alkyl or cyclic N) is 1. The average Bonchev–Trinajstić information content (AvgIpc) is 2.96. The van der Waals surface area contributed by atoms with Crippen molar-refractivity contribution in [2.24, 2.45) is 11.8 Å². The van der Waals surface area contributed by atoms with E-state index in [2.05, 4.69) is 4.90 Å². The lowest BCUT2D eigenvalue weighted by molar-refractivity contribution is 0.0459. The molecular weight excluding hydrogens is 360 g/mol. The molecule has 3 aliphatic rings. The fourth-order valence-electron chi connectivity index (χ4n) is 5.53. The van der Waals surface area contributed by atoms with Crippen LogP contribution in [0, 0.1) is 11.8 Å². The van der Waals surface area contributed by atoms with E-state index in [1.165, 1.54) is 42.7 Å². The second-order valence-corrected chi connectivity index (χ2v) is 10.7. The van der Waals surface area contributed by atoms with Gasteiger partial charge < -0.3 is 10.0 Å². The average molecular weight is 393 g/mol. The molecule has 0 radical (unpaired) electrons. The van der Waals surface area contributed by atoms with Crippen LogP contribution in [0.4, 0.5) is 5.69 Å². The van der Waals surface area contributed by atoms with E-state index in [0.717, 1.165) is 41.7 Å². The van der Waals surface area contributed by atoms with Gasteiger partial charge >= 0.3 is 0 Å². The third-order valence-electron chi connectivity index (χ3n) is 6.81. The minimum absolute atomic E-state index is 0.0623. The van der Waals surface area contributed by atoms with Crippen molar-refractivity contribution < 1.29 is 13.5 Å². The third-order valence-corrected chi connectivity index (χ3v) is 8.08. The number of hydrogen-bond donors (Lipinski definition) is 1. The Morgan fingerprint density at radius 3 is 2.67 bits per heavy atom. The molecule has 0 spiro atoms. The molecule has 1 saturated heterocycles. The molecule has 1 aromatic carbocycles. The van der Waals surface area contributed by atoms with E-state index in [9.17, 15) is 13.5 Å². The molecule has 5 nitrogen and oxygen atoms in total. The molecule has 0 amide bonds. The molecule has 1 aliphatic carbocycles. The molecule has 6 heteroatoms. The van der Waals surface area contributed by atoms with Crippen LogP contribution in [0.2, 0.25) is 0 Å². The molecule has 0 unspecified atom stereocenters.